The van der Waals surface area contributed by atoms with Gasteiger partial charge < -0.3 is 14.0 Å². The molecule has 4 rings (SSSR count). The number of hydrogen-bond donors (Lipinski definition) is 0. The van der Waals surface area contributed by atoms with E-state index in [4.69, 9.17) is 4.52 Å². The first kappa shape index (κ1) is 18.6. The van der Waals surface area contributed by atoms with E-state index < -0.39 is 0 Å². The molecule has 0 spiro atoms. The van der Waals surface area contributed by atoms with Crippen molar-refractivity contribution in [2.75, 3.05) is 26.2 Å². The molecular formula is C19H21N5O3S. The van der Waals surface area contributed by atoms with Crippen LogP contribution in [0.4, 0.5) is 0 Å². The highest BCUT2D eigenvalue weighted by Gasteiger charge is 2.25. The summed E-state index contributed by atoms with van der Waals surface area (Å²) < 4.78 is 7.08. The highest BCUT2D eigenvalue weighted by atomic mass is 32.1. The maximum Gasteiger partial charge on any atom is 0.270 e. The van der Waals surface area contributed by atoms with Gasteiger partial charge in [-0.15, -0.1) is 11.3 Å². The molecule has 1 amide bonds. The van der Waals surface area contributed by atoms with Crippen molar-refractivity contribution in [2.24, 2.45) is 7.05 Å². The summed E-state index contributed by atoms with van der Waals surface area (Å²) in [4.78, 5) is 33.8. The van der Waals surface area contributed by atoms with E-state index in [2.05, 4.69) is 15.0 Å². The van der Waals surface area contributed by atoms with Crippen molar-refractivity contribution in [3.63, 3.8) is 0 Å². The number of piperazine rings is 1. The minimum atomic E-state index is -0.0487. The Labute approximate surface area is 166 Å². The minimum Gasteiger partial charge on any atom is -0.346 e. The van der Waals surface area contributed by atoms with Crippen molar-refractivity contribution < 1.29 is 14.1 Å². The van der Waals surface area contributed by atoms with Gasteiger partial charge in [-0.1, -0.05) is 11.2 Å². The lowest BCUT2D eigenvalue weighted by Crippen LogP contribution is -2.48. The molecule has 0 radical (unpaired) electrons. The summed E-state index contributed by atoms with van der Waals surface area (Å²) in [6.45, 7) is 4.76. The molecule has 0 atom stereocenters. The van der Waals surface area contributed by atoms with Crippen LogP contribution in [0.1, 0.15) is 33.7 Å². The van der Waals surface area contributed by atoms with Gasteiger partial charge in [-0.2, -0.15) is 4.98 Å². The van der Waals surface area contributed by atoms with Gasteiger partial charge in [-0.3, -0.25) is 14.5 Å². The third-order valence-electron chi connectivity index (χ3n) is 4.86. The average molecular weight is 399 g/mol. The average Bonchev–Trinajstić information content (AvgIpc) is 3.42. The van der Waals surface area contributed by atoms with Crippen LogP contribution >= 0.6 is 11.3 Å². The monoisotopic (exact) mass is 399 g/mol. The molecule has 8 nitrogen and oxygen atoms in total. The maximum atomic E-state index is 12.8. The Kier molecular flexibility index (Phi) is 5.10. The Bertz CT molecular complexity index is 983. The number of ketones is 1. The van der Waals surface area contributed by atoms with E-state index in [9.17, 15) is 9.59 Å². The molecule has 0 unspecified atom stereocenters. The second kappa shape index (κ2) is 7.69. The first-order valence-corrected chi connectivity index (χ1v) is 9.94. The number of amides is 1. The van der Waals surface area contributed by atoms with Crippen molar-refractivity contribution in [2.45, 2.75) is 13.5 Å². The molecule has 3 aromatic rings. The van der Waals surface area contributed by atoms with Crippen LogP contribution in [0.25, 0.3) is 10.7 Å². The molecule has 3 aromatic heterocycles. The maximum absolute atomic E-state index is 12.8. The third kappa shape index (κ3) is 3.76. The number of aromatic nitrogens is 3. The van der Waals surface area contributed by atoms with Crippen molar-refractivity contribution in [1.29, 1.82) is 0 Å². The summed E-state index contributed by atoms with van der Waals surface area (Å²) in [6, 6.07) is 5.59. The molecule has 146 valence electrons. The minimum absolute atomic E-state index is 0.0408. The summed E-state index contributed by atoms with van der Waals surface area (Å²) in [6.07, 6.45) is 1.70. The fraction of sp³-hybridized carbons (Fsp3) is 0.368. The molecule has 1 aliphatic rings. The Morgan fingerprint density at radius 3 is 2.68 bits per heavy atom. The van der Waals surface area contributed by atoms with Gasteiger partial charge in [-0.25, -0.2) is 0 Å². The molecule has 1 aliphatic heterocycles. The largest absolute Gasteiger partial charge is 0.346 e. The highest BCUT2D eigenvalue weighted by molar-refractivity contribution is 7.13. The van der Waals surface area contributed by atoms with Crippen molar-refractivity contribution in [3.8, 4) is 10.7 Å². The normalized spacial score (nSPS) is 15.1. The molecule has 0 aromatic carbocycles. The number of nitrogens with zero attached hydrogens (tertiary/aromatic N) is 5. The number of hydrogen-bond acceptors (Lipinski definition) is 7. The topological polar surface area (TPSA) is 84.5 Å². The van der Waals surface area contributed by atoms with Crippen LogP contribution in [-0.4, -0.2) is 62.4 Å². The van der Waals surface area contributed by atoms with Crippen LogP contribution < -0.4 is 0 Å². The molecule has 0 aliphatic carbocycles. The van der Waals surface area contributed by atoms with Gasteiger partial charge in [0.05, 0.1) is 11.4 Å². The number of carbonyl (C=O) groups is 2. The number of thiophene rings is 1. The Morgan fingerprint density at radius 2 is 2.04 bits per heavy atom. The zero-order valence-corrected chi connectivity index (χ0v) is 16.6. The number of rotatable bonds is 5. The molecule has 28 heavy (non-hydrogen) atoms. The molecule has 1 fully saturated rings. The highest BCUT2D eigenvalue weighted by Crippen LogP contribution is 2.22. The fourth-order valence-electron chi connectivity index (χ4n) is 3.26. The zero-order chi connectivity index (χ0) is 19.7. The first-order valence-electron chi connectivity index (χ1n) is 9.06. The predicted octanol–water partition coefficient (Wildman–Crippen LogP) is 2.30. The second-order valence-electron chi connectivity index (χ2n) is 6.84. The molecule has 9 heteroatoms. The first-order chi connectivity index (χ1) is 13.5. The molecule has 0 saturated carbocycles. The van der Waals surface area contributed by atoms with E-state index in [1.54, 1.807) is 35.2 Å². The number of Topliss-reactive ketones (excluding diaryl/α,β-unsaturated/α-hetero) is 1. The van der Waals surface area contributed by atoms with Gasteiger partial charge in [0.2, 0.25) is 11.7 Å². The summed E-state index contributed by atoms with van der Waals surface area (Å²) in [5, 5.41) is 6.02. The molecule has 0 bridgehead atoms. The van der Waals surface area contributed by atoms with Gasteiger partial charge >= 0.3 is 0 Å². The summed E-state index contributed by atoms with van der Waals surface area (Å²) in [7, 11) is 1.79. The van der Waals surface area contributed by atoms with Crippen molar-refractivity contribution in [1.82, 2.24) is 24.5 Å². The summed E-state index contributed by atoms with van der Waals surface area (Å²) in [5.74, 6) is 1.11. The van der Waals surface area contributed by atoms with Crippen LogP contribution in [0.3, 0.4) is 0 Å². The van der Waals surface area contributed by atoms with Crippen LogP contribution in [-0.2, 0) is 13.6 Å². The van der Waals surface area contributed by atoms with Crippen LogP contribution in [0.5, 0.6) is 0 Å². The van der Waals surface area contributed by atoms with Crippen molar-refractivity contribution >= 4 is 23.0 Å². The Hall–Kier alpha value is -2.78. The SMILES string of the molecule is CC(=O)c1cc(C(=O)N2CCN(Cc3nc(-c4cccs4)no3)CC2)n(C)c1. The van der Waals surface area contributed by atoms with E-state index in [1.165, 1.54) is 6.92 Å². The third-order valence-corrected chi connectivity index (χ3v) is 5.72. The lowest BCUT2D eigenvalue weighted by molar-refractivity contribution is 0.0606. The molecule has 0 N–H and O–H groups in total. The summed E-state index contributed by atoms with van der Waals surface area (Å²) >= 11 is 1.58. The quantitative estimate of drug-likeness (QED) is 0.612. The Morgan fingerprint density at radius 1 is 1.25 bits per heavy atom. The second-order valence-corrected chi connectivity index (χ2v) is 7.79. The standard InChI is InChI=1S/C19H21N5O3S/c1-13(25)14-10-15(22(2)11-14)19(26)24-7-5-23(6-8-24)12-17-20-18(21-27-17)16-4-3-9-28-16/h3-4,9-11H,5-8,12H2,1-2H3. The fourth-order valence-corrected chi connectivity index (χ4v) is 3.91. The number of aryl methyl sites for hydroxylation is 1. The van der Waals surface area contributed by atoms with Gasteiger partial charge in [0.25, 0.3) is 5.91 Å². The van der Waals surface area contributed by atoms with Crippen LogP contribution in [0.15, 0.2) is 34.3 Å². The molecule has 1 saturated heterocycles. The smallest absolute Gasteiger partial charge is 0.270 e. The Balaban J connectivity index is 1.34. The van der Waals surface area contributed by atoms with Gasteiger partial charge in [0.1, 0.15) is 5.69 Å². The zero-order valence-electron chi connectivity index (χ0n) is 15.8. The van der Waals surface area contributed by atoms with E-state index >= 15 is 0 Å². The molecule has 4 heterocycles. The predicted molar refractivity (Wildman–Crippen MR) is 104 cm³/mol. The van der Waals surface area contributed by atoms with Gasteiger partial charge in [0, 0.05) is 45.0 Å². The van der Waals surface area contributed by atoms with Crippen LogP contribution in [0.2, 0.25) is 0 Å². The summed E-state index contributed by atoms with van der Waals surface area (Å²) in [5.41, 5.74) is 1.10. The van der Waals surface area contributed by atoms with E-state index in [0.717, 1.165) is 18.0 Å². The lowest BCUT2D eigenvalue weighted by atomic mass is 10.2. The van der Waals surface area contributed by atoms with Crippen molar-refractivity contribution in [3.05, 3.63) is 46.9 Å². The number of carbonyl (C=O) groups excluding carboxylic acids is 2. The molecular weight excluding hydrogens is 378 g/mol. The van der Waals surface area contributed by atoms with E-state index in [0.29, 0.717) is 42.6 Å². The van der Waals surface area contributed by atoms with E-state index in [-0.39, 0.29) is 11.7 Å². The lowest BCUT2D eigenvalue weighted by Gasteiger charge is -2.33. The van der Waals surface area contributed by atoms with Crippen LogP contribution in [0, 0.1) is 0 Å². The van der Waals surface area contributed by atoms with E-state index in [1.807, 2.05) is 22.4 Å². The van der Waals surface area contributed by atoms with Gasteiger partial charge in [-0.05, 0) is 24.4 Å². The van der Waals surface area contributed by atoms with Gasteiger partial charge in [0.15, 0.2) is 5.78 Å².